The number of benzene rings is 2. The van der Waals surface area contributed by atoms with Crippen molar-refractivity contribution in [3.8, 4) is 5.75 Å². The molecule has 0 spiro atoms. The van der Waals surface area contributed by atoms with Crippen LogP contribution in [-0.2, 0) is 16.1 Å². The summed E-state index contributed by atoms with van der Waals surface area (Å²) in [5, 5.41) is 6.60. The number of hydrogen-bond acceptors (Lipinski definition) is 4. The van der Waals surface area contributed by atoms with Crippen LogP contribution in [0.4, 0.5) is 5.69 Å². The predicted octanol–water partition coefficient (Wildman–Crippen LogP) is 3.19. The van der Waals surface area contributed by atoms with Crippen LogP contribution < -0.4 is 15.4 Å². The number of anilines is 1. The fourth-order valence-corrected chi connectivity index (χ4v) is 2.78. The average molecular weight is 410 g/mol. The number of carbonyl (C=O) groups excluding carboxylic acids is 2. The lowest BCUT2D eigenvalue weighted by atomic mass is 10.2. The van der Waals surface area contributed by atoms with Gasteiger partial charge in [-0.3, -0.25) is 14.5 Å². The molecule has 2 aromatic carbocycles. The molecule has 0 aromatic heterocycles. The molecule has 0 aliphatic heterocycles. The maximum Gasteiger partial charge on any atom is 0.238 e. The van der Waals surface area contributed by atoms with Gasteiger partial charge in [-0.25, -0.2) is 0 Å². The van der Waals surface area contributed by atoms with Gasteiger partial charge in [0.15, 0.2) is 0 Å². The normalized spacial score (nSPS) is 10.6. The predicted molar refractivity (Wildman–Crippen MR) is 107 cm³/mol. The highest BCUT2D eigenvalue weighted by Gasteiger charge is 2.13. The van der Waals surface area contributed by atoms with Gasteiger partial charge < -0.3 is 15.4 Å². The average Bonchev–Trinajstić information content (AvgIpc) is 2.61. The molecule has 144 valence electrons. The molecular weight excluding hydrogens is 389 g/mol. The first-order valence-corrected chi connectivity index (χ1v) is 8.96. The summed E-state index contributed by atoms with van der Waals surface area (Å²) < 4.78 is 5.19. The molecule has 0 aliphatic rings. The molecule has 2 N–H and O–H groups in total. The van der Waals surface area contributed by atoms with Crippen LogP contribution in [0.1, 0.15) is 5.56 Å². The van der Waals surface area contributed by atoms with Gasteiger partial charge in [-0.1, -0.05) is 41.4 Å². The number of rotatable bonds is 8. The van der Waals surface area contributed by atoms with Crippen LogP contribution in [0.15, 0.2) is 42.5 Å². The van der Waals surface area contributed by atoms with Gasteiger partial charge >= 0.3 is 0 Å². The van der Waals surface area contributed by atoms with Gasteiger partial charge in [-0.05, 0) is 36.9 Å². The molecule has 27 heavy (non-hydrogen) atoms. The molecule has 0 saturated heterocycles. The van der Waals surface area contributed by atoms with E-state index in [1.54, 1.807) is 36.2 Å². The smallest absolute Gasteiger partial charge is 0.238 e. The Morgan fingerprint density at radius 2 is 1.78 bits per heavy atom. The van der Waals surface area contributed by atoms with Crippen molar-refractivity contribution in [1.29, 1.82) is 0 Å². The van der Waals surface area contributed by atoms with E-state index in [1.165, 1.54) is 7.11 Å². The Bertz CT molecular complexity index is 815. The highest BCUT2D eigenvalue weighted by atomic mass is 35.5. The van der Waals surface area contributed by atoms with E-state index in [1.807, 2.05) is 18.2 Å². The summed E-state index contributed by atoms with van der Waals surface area (Å²) in [4.78, 5) is 25.9. The third-order valence-electron chi connectivity index (χ3n) is 3.70. The van der Waals surface area contributed by atoms with Crippen molar-refractivity contribution in [1.82, 2.24) is 10.2 Å². The topological polar surface area (TPSA) is 70.7 Å². The first-order valence-electron chi connectivity index (χ1n) is 8.21. The van der Waals surface area contributed by atoms with E-state index in [2.05, 4.69) is 10.6 Å². The lowest BCUT2D eigenvalue weighted by Gasteiger charge is -2.17. The summed E-state index contributed by atoms with van der Waals surface area (Å²) in [7, 11) is 3.19. The van der Waals surface area contributed by atoms with Crippen molar-refractivity contribution in [2.45, 2.75) is 6.54 Å². The molecule has 0 atom stereocenters. The number of hydrogen-bond donors (Lipinski definition) is 2. The third-order valence-corrected chi connectivity index (χ3v) is 4.30. The van der Waals surface area contributed by atoms with Crippen LogP contribution >= 0.6 is 23.2 Å². The fourth-order valence-electron chi connectivity index (χ4n) is 2.41. The lowest BCUT2D eigenvalue weighted by Crippen LogP contribution is -2.38. The molecule has 2 aromatic rings. The van der Waals surface area contributed by atoms with E-state index < -0.39 is 0 Å². The van der Waals surface area contributed by atoms with Gasteiger partial charge in [-0.15, -0.1) is 0 Å². The van der Waals surface area contributed by atoms with E-state index in [0.717, 1.165) is 5.56 Å². The van der Waals surface area contributed by atoms with Crippen LogP contribution in [0.25, 0.3) is 0 Å². The first kappa shape index (κ1) is 21.0. The van der Waals surface area contributed by atoms with Crippen molar-refractivity contribution in [3.05, 3.63) is 58.1 Å². The summed E-state index contributed by atoms with van der Waals surface area (Å²) in [6, 6.07) is 12.2. The van der Waals surface area contributed by atoms with Crippen LogP contribution in [-0.4, -0.2) is 44.0 Å². The molecule has 2 rings (SSSR count). The van der Waals surface area contributed by atoms with Gasteiger partial charge in [0.1, 0.15) is 5.75 Å². The molecule has 0 aliphatic carbocycles. The van der Waals surface area contributed by atoms with Crippen molar-refractivity contribution in [2.24, 2.45) is 0 Å². The summed E-state index contributed by atoms with van der Waals surface area (Å²) in [5.74, 6) is 0.0235. The van der Waals surface area contributed by atoms with Crippen molar-refractivity contribution >= 4 is 40.7 Å². The third kappa shape index (κ3) is 6.75. The van der Waals surface area contributed by atoms with Crippen molar-refractivity contribution in [3.63, 3.8) is 0 Å². The van der Waals surface area contributed by atoms with Gasteiger partial charge in [0.05, 0.1) is 25.9 Å². The fraction of sp³-hybridized carbons (Fsp3) is 0.263. The molecule has 0 heterocycles. The summed E-state index contributed by atoms with van der Waals surface area (Å²) >= 11 is 12.0. The van der Waals surface area contributed by atoms with Gasteiger partial charge in [0.25, 0.3) is 0 Å². The highest BCUT2D eigenvalue weighted by Crippen LogP contribution is 2.27. The minimum atomic E-state index is -0.281. The minimum absolute atomic E-state index is 0.0369. The first-order chi connectivity index (χ1) is 12.9. The largest absolute Gasteiger partial charge is 0.495 e. The molecule has 0 saturated carbocycles. The SMILES string of the molecule is COc1ccc(Cl)cc1NC(=O)CN(C)CC(=O)NCc1ccccc1Cl. The summed E-state index contributed by atoms with van der Waals surface area (Å²) in [6.45, 7) is 0.442. The van der Waals surface area contributed by atoms with Crippen LogP contribution in [0.5, 0.6) is 5.75 Å². The Morgan fingerprint density at radius 3 is 2.48 bits per heavy atom. The van der Waals surface area contributed by atoms with Crippen LogP contribution in [0.3, 0.4) is 0 Å². The number of nitrogens with zero attached hydrogens (tertiary/aromatic N) is 1. The second-order valence-electron chi connectivity index (χ2n) is 5.93. The Morgan fingerprint density at radius 1 is 1.07 bits per heavy atom. The zero-order valence-electron chi connectivity index (χ0n) is 15.1. The molecule has 0 radical (unpaired) electrons. The molecular formula is C19H21Cl2N3O3. The van der Waals surface area contributed by atoms with E-state index in [9.17, 15) is 9.59 Å². The van der Waals surface area contributed by atoms with Crippen molar-refractivity contribution < 1.29 is 14.3 Å². The number of nitrogens with one attached hydrogen (secondary N) is 2. The van der Waals surface area contributed by atoms with E-state index in [4.69, 9.17) is 27.9 Å². The molecule has 0 unspecified atom stereocenters. The summed E-state index contributed by atoms with van der Waals surface area (Å²) in [6.07, 6.45) is 0. The lowest BCUT2D eigenvalue weighted by molar-refractivity contribution is -0.123. The number of likely N-dealkylation sites (N-methyl/N-ethyl adjacent to an activating group) is 1. The quantitative estimate of drug-likeness (QED) is 0.702. The number of methoxy groups -OCH3 is 1. The monoisotopic (exact) mass is 409 g/mol. The number of ether oxygens (including phenoxy) is 1. The number of carbonyl (C=O) groups is 2. The minimum Gasteiger partial charge on any atom is -0.495 e. The number of amides is 2. The van der Waals surface area contributed by atoms with Gasteiger partial charge in [0.2, 0.25) is 11.8 Å². The molecule has 8 heteroatoms. The molecule has 0 fully saturated rings. The standard InChI is InChI=1S/C19H21Cl2N3O3/c1-24(11-18(25)22-10-13-5-3-4-6-15(13)21)12-19(26)23-16-9-14(20)7-8-17(16)27-2/h3-9H,10-12H2,1-2H3,(H,22,25)(H,23,26). The molecule has 0 bridgehead atoms. The second kappa shape index (κ2) is 10.2. The van der Waals surface area contributed by atoms with Crippen LogP contribution in [0, 0.1) is 0 Å². The highest BCUT2D eigenvalue weighted by molar-refractivity contribution is 6.31. The van der Waals surface area contributed by atoms with E-state index in [-0.39, 0.29) is 24.9 Å². The zero-order valence-corrected chi connectivity index (χ0v) is 16.6. The van der Waals surface area contributed by atoms with Crippen molar-refractivity contribution in [2.75, 3.05) is 32.6 Å². The Kier molecular flexibility index (Phi) is 7.91. The van der Waals surface area contributed by atoms with Crippen LogP contribution in [0.2, 0.25) is 10.0 Å². The maximum absolute atomic E-state index is 12.2. The van der Waals surface area contributed by atoms with Gasteiger partial charge in [0, 0.05) is 16.6 Å². The number of halogens is 2. The Labute approximate surface area is 168 Å². The van der Waals surface area contributed by atoms with Gasteiger partial charge in [-0.2, -0.15) is 0 Å². The molecule has 2 amide bonds. The van der Waals surface area contributed by atoms with E-state index in [0.29, 0.717) is 28.0 Å². The zero-order chi connectivity index (χ0) is 19.8. The maximum atomic E-state index is 12.2. The Balaban J connectivity index is 1.81. The Hall–Kier alpha value is -2.28. The molecule has 6 nitrogen and oxygen atoms in total. The van der Waals surface area contributed by atoms with E-state index >= 15 is 0 Å². The summed E-state index contributed by atoms with van der Waals surface area (Å²) in [5.41, 5.74) is 1.31. The second-order valence-corrected chi connectivity index (χ2v) is 6.78.